The van der Waals surface area contributed by atoms with Crippen LogP contribution in [0.5, 0.6) is 17.2 Å². The minimum Gasteiger partial charge on any atom is -0.493 e. The van der Waals surface area contributed by atoms with Crippen molar-refractivity contribution in [3.63, 3.8) is 0 Å². The van der Waals surface area contributed by atoms with Crippen LogP contribution in [0.1, 0.15) is 17.0 Å². The molecule has 5 heteroatoms. The zero-order valence-corrected chi connectivity index (χ0v) is 13.3. The lowest BCUT2D eigenvalue weighted by Crippen LogP contribution is -2.03. The first-order chi connectivity index (χ1) is 11.1. The molecule has 2 aromatic carbocycles. The Hall–Kier alpha value is -2.74. The smallest absolute Gasteiger partial charge is 0.203 e. The van der Waals surface area contributed by atoms with Crippen LogP contribution in [0.2, 0.25) is 0 Å². The molecule has 23 heavy (non-hydrogen) atoms. The van der Waals surface area contributed by atoms with Crippen LogP contribution >= 0.6 is 0 Å². The van der Waals surface area contributed by atoms with Gasteiger partial charge in [0, 0.05) is 0 Å². The van der Waals surface area contributed by atoms with Gasteiger partial charge in [0.2, 0.25) is 5.75 Å². The molecular weight excluding hydrogens is 297 g/mol. The van der Waals surface area contributed by atoms with Crippen LogP contribution in [0.4, 0.5) is 4.39 Å². The third-order valence-electron chi connectivity index (χ3n) is 3.57. The van der Waals surface area contributed by atoms with Gasteiger partial charge in [-0.2, -0.15) is 5.26 Å². The minimum absolute atomic E-state index is 0.354. The van der Waals surface area contributed by atoms with Crippen molar-refractivity contribution in [2.75, 3.05) is 21.3 Å². The van der Waals surface area contributed by atoms with Crippen molar-refractivity contribution in [3.05, 3.63) is 53.3 Å². The first-order valence-corrected chi connectivity index (χ1v) is 7.06. The summed E-state index contributed by atoms with van der Waals surface area (Å²) < 4.78 is 29.3. The predicted molar refractivity (Wildman–Crippen MR) is 84.6 cm³/mol. The molecule has 1 unspecified atom stereocenters. The number of rotatable bonds is 6. The minimum atomic E-state index is -0.464. The highest BCUT2D eigenvalue weighted by Crippen LogP contribution is 2.39. The van der Waals surface area contributed by atoms with Gasteiger partial charge >= 0.3 is 0 Å². The van der Waals surface area contributed by atoms with Crippen molar-refractivity contribution >= 4 is 0 Å². The average Bonchev–Trinajstić information content (AvgIpc) is 2.58. The summed E-state index contributed by atoms with van der Waals surface area (Å²) in [5.74, 6) is 0.731. The lowest BCUT2D eigenvalue weighted by Gasteiger charge is -2.15. The first-order valence-electron chi connectivity index (χ1n) is 7.06. The summed E-state index contributed by atoms with van der Waals surface area (Å²) in [4.78, 5) is 0. The Labute approximate surface area is 135 Å². The quantitative estimate of drug-likeness (QED) is 0.815. The molecule has 1 atom stereocenters. The summed E-state index contributed by atoms with van der Waals surface area (Å²) >= 11 is 0. The monoisotopic (exact) mass is 315 g/mol. The van der Waals surface area contributed by atoms with E-state index >= 15 is 0 Å². The van der Waals surface area contributed by atoms with Crippen LogP contribution in [-0.4, -0.2) is 21.3 Å². The summed E-state index contributed by atoms with van der Waals surface area (Å²) in [5, 5.41) is 9.43. The third-order valence-corrected chi connectivity index (χ3v) is 3.57. The van der Waals surface area contributed by atoms with E-state index in [4.69, 9.17) is 14.2 Å². The number of benzene rings is 2. The molecule has 0 bridgehead atoms. The molecule has 0 aliphatic rings. The van der Waals surface area contributed by atoms with Gasteiger partial charge in [-0.25, -0.2) is 4.39 Å². The van der Waals surface area contributed by atoms with E-state index in [1.165, 1.54) is 33.5 Å². The Morgan fingerprint density at radius 2 is 1.70 bits per heavy atom. The normalized spacial score (nSPS) is 11.4. The highest BCUT2D eigenvalue weighted by Gasteiger charge is 2.17. The van der Waals surface area contributed by atoms with Crippen LogP contribution in [-0.2, 0) is 6.42 Å². The fraction of sp³-hybridized carbons (Fsp3) is 0.278. The van der Waals surface area contributed by atoms with Crippen molar-refractivity contribution in [1.82, 2.24) is 0 Å². The molecular formula is C18H18FNO3. The van der Waals surface area contributed by atoms with Gasteiger partial charge in [-0.1, -0.05) is 12.1 Å². The molecule has 0 fully saturated rings. The number of ether oxygens (including phenoxy) is 3. The summed E-state index contributed by atoms with van der Waals surface area (Å²) in [6, 6.07) is 11.9. The fourth-order valence-electron chi connectivity index (χ4n) is 2.45. The topological polar surface area (TPSA) is 51.5 Å². The van der Waals surface area contributed by atoms with E-state index in [-0.39, 0.29) is 5.82 Å². The maximum Gasteiger partial charge on any atom is 0.203 e. The van der Waals surface area contributed by atoms with Crippen molar-refractivity contribution in [2.45, 2.75) is 12.3 Å². The Morgan fingerprint density at radius 3 is 2.17 bits per heavy atom. The molecule has 2 rings (SSSR count). The van der Waals surface area contributed by atoms with Crippen molar-refractivity contribution in [2.24, 2.45) is 0 Å². The zero-order valence-electron chi connectivity index (χ0n) is 13.3. The van der Waals surface area contributed by atoms with Gasteiger partial charge in [0.15, 0.2) is 11.5 Å². The Kier molecular flexibility index (Phi) is 5.42. The molecule has 0 aliphatic carbocycles. The van der Waals surface area contributed by atoms with Gasteiger partial charge in [0.25, 0.3) is 0 Å². The van der Waals surface area contributed by atoms with E-state index in [9.17, 15) is 9.65 Å². The fourth-order valence-corrected chi connectivity index (χ4v) is 2.45. The summed E-state index contributed by atoms with van der Waals surface area (Å²) in [5.41, 5.74) is 1.48. The largest absolute Gasteiger partial charge is 0.493 e. The number of hydrogen-bond acceptors (Lipinski definition) is 4. The molecule has 0 amide bonds. The second-order valence-corrected chi connectivity index (χ2v) is 4.97. The number of nitrogens with zero attached hydrogens (tertiary/aromatic N) is 1. The van der Waals surface area contributed by atoms with Crippen LogP contribution < -0.4 is 14.2 Å². The second-order valence-electron chi connectivity index (χ2n) is 4.97. The van der Waals surface area contributed by atoms with Crippen LogP contribution in [0.15, 0.2) is 36.4 Å². The molecule has 0 aliphatic heterocycles. The lowest BCUT2D eigenvalue weighted by atomic mass is 9.93. The maximum absolute atomic E-state index is 13.4. The van der Waals surface area contributed by atoms with Crippen molar-refractivity contribution < 1.29 is 18.6 Å². The van der Waals surface area contributed by atoms with E-state index in [0.717, 1.165) is 5.56 Å². The molecule has 0 spiro atoms. The SMILES string of the molecule is COc1cc(CC(C#N)c2cccc(F)c2)cc(OC)c1OC. The number of hydrogen-bond donors (Lipinski definition) is 0. The van der Waals surface area contributed by atoms with Crippen molar-refractivity contribution in [3.8, 4) is 23.3 Å². The molecule has 0 saturated heterocycles. The van der Waals surface area contributed by atoms with E-state index in [0.29, 0.717) is 29.2 Å². The standard InChI is InChI=1S/C18H18FNO3/c1-21-16-8-12(9-17(22-2)18(16)23-3)7-14(11-20)13-5-4-6-15(19)10-13/h4-6,8-10,14H,7H2,1-3H3. The van der Waals surface area contributed by atoms with Crippen molar-refractivity contribution in [1.29, 1.82) is 5.26 Å². The zero-order chi connectivity index (χ0) is 16.8. The molecule has 0 N–H and O–H groups in total. The highest BCUT2D eigenvalue weighted by atomic mass is 19.1. The molecule has 120 valence electrons. The van der Waals surface area contributed by atoms with Crippen LogP contribution in [0.3, 0.4) is 0 Å². The number of methoxy groups -OCH3 is 3. The van der Waals surface area contributed by atoms with E-state index in [1.54, 1.807) is 24.3 Å². The van der Waals surface area contributed by atoms with Gasteiger partial charge in [-0.15, -0.1) is 0 Å². The van der Waals surface area contributed by atoms with Gasteiger partial charge in [-0.3, -0.25) is 0 Å². The van der Waals surface area contributed by atoms with Gasteiger partial charge < -0.3 is 14.2 Å². The van der Waals surface area contributed by atoms with Crippen LogP contribution in [0, 0.1) is 17.1 Å². The van der Waals surface area contributed by atoms with E-state index < -0.39 is 5.92 Å². The molecule has 0 radical (unpaired) electrons. The second kappa shape index (κ2) is 7.50. The Balaban J connectivity index is 2.36. The summed E-state index contributed by atoms with van der Waals surface area (Å²) in [6.45, 7) is 0. The maximum atomic E-state index is 13.4. The third kappa shape index (κ3) is 3.72. The van der Waals surface area contributed by atoms with Crippen LogP contribution in [0.25, 0.3) is 0 Å². The predicted octanol–water partition coefficient (Wildman–Crippen LogP) is 3.70. The van der Waals surface area contributed by atoms with Gasteiger partial charge in [0.05, 0.1) is 33.3 Å². The molecule has 2 aromatic rings. The number of nitriles is 1. The van der Waals surface area contributed by atoms with E-state index in [1.807, 2.05) is 0 Å². The molecule has 0 aromatic heterocycles. The molecule has 4 nitrogen and oxygen atoms in total. The highest BCUT2D eigenvalue weighted by molar-refractivity contribution is 5.54. The Bertz CT molecular complexity index is 699. The number of halogens is 1. The summed E-state index contributed by atoms with van der Waals surface area (Å²) in [6.07, 6.45) is 0.413. The summed E-state index contributed by atoms with van der Waals surface area (Å²) in [7, 11) is 4.61. The lowest BCUT2D eigenvalue weighted by molar-refractivity contribution is 0.323. The van der Waals surface area contributed by atoms with E-state index in [2.05, 4.69) is 6.07 Å². The van der Waals surface area contributed by atoms with Gasteiger partial charge in [0.1, 0.15) is 5.82 Å². The molecule has 0 saturated carbocycles. The Morgan fingerprint density at radius 1 is 1.04 bits per heavy atom. The average molecular weight is 315 g/mol. The molecule has 0 heterocycles. The first kappa shape index (κ1) is 16.6. The van der Waals surface area contributed by atoms with Gasteiger partial charge in [-0.05, 0) is 41.8 Å².